The lowest BCUT2D eigenvalue weighted by molar-refractivity contribution is 0.416. The summed E-state index contributed by atoms with van der Waals surface area (Å²) in [6.45, 7) is 3.07. The minimum Gasteiger partial charge on any atom is -0.496 e. The average molecular weight is 242 g/mol. The van der Waals surface area contributed by atoms with Crippen molar-refractivity contribution in [2.75, 3.05) is 19.0 Å². The van der Waals surface area contributed by atoms with E-state index in [-0.39, 0.29) is 0 Å². The summed E-state index contributed by atoms with van der Waals surface area (Å²) in [5.41, 5.74) is 1.94. The van der Waals surface area contributed by atoms with Gasteiger partial charge in [-0.3, -0.25) is 0 Å². The average Bonchev–Trinajstić information content (AvgIpc) is 2.45. The Hall–Kier alpha value is -2.03. The lowest BCUT2D eigenvalue weighted by atomic mass is 10.1. The third-order valence-corrected chi connectivity index (χ3v) is 2.69. The van der Waals surface area contributed by atoms with E-state index >= 15 is 0 Å². The van der Waals surface area contributed by atoms with Crippen LogP contribution >= 0.6 is 0 Å². The minimum atomic E-state index is 0.845. The summed E-state index contributed by atoms with van der Waals surface area (Å²) in [7, 11) is 1.68. The fraction of sp³-hybridized carbons (Fsp3) is 0.267. The van der Waals surface area contributed by atoms with Crippen LogP contribution in [0.5, 0.6) is 5.75 Å². The molecule has 1 heterocycles. The maximum atomic E-state index is 5.36. The predicted molar refractivity (Wildman–Crippen MR) is 75.0 cm³/mol. The molecular formula is C15H18N2O. The number of methoxy groups -OCH3 is 1. The van der Waals surface area contributed by atoms with Crippen LogP contribution in [0.2, 0.25) is 0 Å². The second-order valence-corrected chi connectivity index (χ2v) is 4.04. The predicted octanol–water partition coefficient (Wildman–Crippen LogP) is 3.58. The normalized spacial score (nSPS) is 10.1. The van der Waals surface area contributed by atoms with E-state index in [1.807, 2.05) is 42.5 Å². The number of nitrogens with one attached hydrogen (secondary N) is 1. The maximum absolute atomic E-state index is 5.36. The molecule has 0 spiro atoms. The van der Waals surface area contributed by atoms with Crippen LogP contribution < -0.4 is 10.1 Å². The molecule has 0 saturated carbocycles. The van der Waals surface area contributed by atoms with Crippen molar-refractivity contribution in [3.8, 4) is 17.0 Å². The third-order valence-electron chi connectivity index (χ3n) is 2.69. The molecule has 3 heteroatoms. The third kappa shape index (κ3) is 2.80. The van der Waals surface area contributed by atoms with Gasteiger partial charge in [-0.1, -0.05) is 25.1 Å². The first-order valence-corrected chi connectivity index (χ1v) is 6.19. The Labute approximate surface area is 108 Å². The summed E-state index contributed by atoms with van der Waals surface area (Å²) >= 11 is 0. The highest BCUT2D eigenvalue weighted by atomic mass is 16.5. The zero-order valence-electron chi connectivity index (χ0n) is 10.8. The fourth-order valence-corrected chi connectivity index (χ4v) is 1.79. The van der Waals surface area contributed by atoms with Gasteiger partial charge >= 0.3 is 0 Å². The van der Waals surface area contributed by atoms with Crippen LogP contribution in [0.15, 0.2) is 42.5 Å². The van der Waals surface area contributed by atoms with Crippen molar-refractivity contribution in [1.29, 1.82) is 0 Å². The number of anilines is 1. The van der Waals surface area contributed by atoms with Crippen LogP contribution in [0.3, 0.4) is 0 Å². The molecule has 1 aromatic carbocycles. The van der Waals surface area contributed by atoms with Gasteiger partial charge in [0.25, 0.3) is 0 Å². The Kier molecular flexibility index (Phi) is 4.18. The van der Waals surface area contributed by atoms with E-state index in [0.717, 1.165) is 35.8 Å². The molecule has 1 aromatic heterocycles. The second kappa shape index (κ2) is 6.05. The molecule has 3 nitrogen and oxygen atoms in total. The number of rotatable bonds is 5. The van der Waals surface area contributed by atoms with Gasteiger partial charge in [0.05, 0.1) is 12.8 Å². The molecule has 0 atom stereocenters. The van der Waals surface area contributed by atoms with Gasteiger partial charge < -0.3 is 10.1 Å². The maximum Gasteiger partial charge on any atom is 0.128 e. The second-order valence-electron chi connectivity index (χ2n) is 4.04. The molecule has 0 aliphatic rings. The molecule has 0 aliphatic heterocycles. The zero-order chi connectivity index (χ0) is 12.8. The highest BCUT2D eigenvalue weighted by Crippen LogP contribution is 2.28. The number of ether oxygens (including phenoxy) is 1. The van der Waals surface area contributed by atoms with Gasteiger partial charge in [0.1, 0.15) is 11.6 Å². The number of hydrogen-bond donors (Lipinski definition) is 1. The van der Waals surface area contributed by atoms with Crippen LogP contribution in [-0.4, -0.2) is 18.6 Å². The number of pyridine rings is 1. The van der Waals surface area contributed by atoms with Crippen molar-refractivity contribution in [1.82, 2.24) is 4.98 Å². The van der Waals surface area contributed by atoms with Crippen molar-refractivity contribution in [2.24, 2.45) is 0 Å². The summed E-state index contributed by atoms with van der Waals surface area (Å²) in [5, 5.41) is 3.29. The van der Waals surface area contributed by atoms with Gasteiger partial charge in [0, 0.05) is 12.1 Å². The Balaban J connectivity index is 2.32. The van der Waals surface area contributed by atoms with Crippen LogP contribution in [-0.2, 0) is 0 Å². The monoisotopic (exact) mass is 242 g/mol. The van der Waals surface area contributed by atoms with Gasteiger partial charge in [-0.05, 0) is 30.7 Å². The molecule has 2 rings (SSSR count). The quantitative estimate of drug-likeness (QED) is 0.870. The first-order valence-electron chi connectivity index (χ1n) is 6.19. The Morgan fingerprint density at radius 3 is 2.72 bits per heavy atom. The summed E-state index contributed by atoms with van der Waals surface area (Å²) in [6, 6.07) is 13.9. The SMILES string of the molecule is CCCNc1cccc(-c2ccccc2OC)n1. The molecule has 0 unspecified atom stereocenters. The molecule has 0 aliphatic carbocycles. The summed E-state index contributed by atoms with van der Waals surface area (Å²) in [4.78, 5) is 4.60. The number of nitrogens with zero attached hydrogens (tertiary/aromatic N) is 1. The van der Waals surface area contributed by atoms with Crippen molar-refractivity contribution < 1.29 is 4.74 Å². The molecule has 18 heavy (non-hydrogen) atoms. The standard InChI is InChI=1S/C15H18N2O/c1-3-11-16-15-10-6-8-13(17-15)12-7-4-5-9-14(12)18-2/h4-10H,3,11H2,1-2H3,(H,16,17). The Bertz CT molecular complexity index is 511. The molecule has 1 N–H and O–H groups in total. The van der Waals surface area contributed by atoms with Crippen molar-refractivity contribution in [3.05, 3.63) is 42.5 Å². The van der Waals surface area contributed by atoms with Gasteiger partial charge in [-0.25, -0.2) is 4.98 Å². The Morgan fingerprint density at radius 1 is 1.11 bits per heavy atom. The van der Waals surface area contributed by atoms with Crippen molar-refractivity contribution in [3.63, 3.8) is 0 Å². The van der Waals surface area contributed by atoms with Crippen LogP contribution in [0, 0.1) is 0 Å². The topological polar surface area (TPSA) is 34.1 Å². The summed E-state index contributed by atoms with van der Waals surface area (Å²) in [6.07, 6.45) is 1.08. The number of aromatic nitrogens is 1. The minimum absolute atomic E-state index is 0.845. The van der Waals surface area contributed by atoms with E-state index in [1.165, 1.54) is 0 Å². The highest BCUT2D eigenvalue weighted by Gasteiger charge is 2.06. The number of hydrogen-bond acceptors (Lipinski definition) is 3. The molecule has 0 fully saturated rings. The molecule has 0 saturated heterocycles. The van der Waals surface area contributed by atoms with Crippen LogP contribution in [0.25, 0.3) is 11.3 Å². The van der Waals surface area contributed by atoms with E-state index in [4.69, 9.17) is 4.74 Å². The van der Waals surface area contributed by atoms with Gasteiger partial charge in [0.2, 0.25) is 0 Å². The van der Waals surface area contributed by atoms with E-state index in [0.29, 0.717) is 0 Å². The van der Waals surface area contributed by atoms with Gasteiger partial charge in [0.15, 0.2) is 0 Å². The van der Waals surface area contributed by atoms with Crippen molar-refractivity contribution >= 4 is 5.82 Å². The summed E-state index contributed by atoms with van der Waals surface area (Å²) < 4.78 is 5.36. The van der Waals surface area contributed by atoms with E-state index < -0.39 is 0 Å². The largest absolute Gasteiger partial charge is 0.496 e. The highest BCUT2D eigenvalue weighted by molar-refractivity contribution is 5.68. The van der Waals surface area contributed by atoms with Gasteiger partial charge in [-0.2, -0.15) is 0 Å². The van der Waals surface area contributed by atoms with Crippen molar-refractivity contribution in [2.45, 2.75) is 13.3 Å². The smallest absolute Gasteiger partial charge is 0.128 e. The molecule has 0 radical (unpaired) electrons. The van der Waals surface area contributed by atoms with E-state index in [9.17, 15) is 0 Å². The fourth-order valence-electron chi connectivity index (χ4n) is 1.79. The zero-order valence-corrected chi connectivity index (χ0v) is 10.8. The first-order chi connectivity index (χ1) is 8.85. The number of benzene rings is 1. The van der Waals surface area contributed by atoms with E-state index in [2.05, 4.69) is 17.2 Å². The summed E-state index contributed by atoms with van der Waals surface area (Å²) in [5.74, 6) is 1.75. The molecule has 0 bridgehead atoms. The first kappa shape index (κ1) is 12.4. The number of para-hydroxylation sites is 1. The van der Waals surface area contributed by atoms with E-state index in [1.54, 1.807) is 7.11 Å². The van der Waals surface area contributed by atoms with Crippen LogP contribution in [0.4, 0.5) is 5.82 Å². The molecule has 2 aromatic rings. The Morgan fingerprint density at radius 2 is 1.94 bits per heavy atom. The lowest BCUT2D eigenvalue weighted by Gasteiger charge is -2.09. The molecular weight excluding hydrogens is 224 g/mol. The van der Waals surface area contributed by atoms with Gasteiger partial charge in [-0.15, -0.1) is 0 Å². The van der Waals surface area contributed by atoms with Crippen LogP contribution in [0.1, 0.15) is 13.3 Å². The molecule has 0 amide bonds. The lowest BCUT2D eigenvalue weighted by Crippen LogP contribution is -2.02. The molecule has 94 valence electrons.